The van der Waals surface area contributed by atoms with Crippen LogP contribution in [0.5, 0.6) is 0 Å². The van der Waals surface area contributed by atoms with E-state index in [1.807, 2.05) is 0 Å². The third-order valence-corrected chi connectivity index (χ3v) is 2.71. The van der Waals surface area contributed by atoms with Crippen molar-refractivity contribution in [2.45, 2.75) is 19.1 Å². The SMILES string of the molecule is CC(C)SSCl. The van der Waals surface area contributed by atoms with Crippen LogP contribution in [0.3, 0.4) is 0 Å². The standard InChI is InChI=1S/C3H7ClS2/c1-3(2)5-6-4/h3H,1-2H3. The second-order valence-corrected chi connectivity index (χ2v) is 4.56. The van der Waals surface area contributed by atoms with Gasteiger partial charge < -0.3 is 0 Å². The van der Waals surface area contributed by atoms with Gasteiger partial charge in [-0.25, -0.2) is 0 Å². The van der Waals surface area contributed by atoms with Crippen molar-refractivity contribution in [3.05, 3.63) is 0 Å². The zero-order valence-corrected chi connectivity index (χ0v) is 6.16. The minimum absolute atomic E-state index is 0.646. The molecule has 0 fully saturated rings. The van der Waals surface area contributed by atoms with Gasteiger partial charge >= 0.3 is 0 Å². The molecule has 6 heavy (non-hydrogen) atoms. The van der Waals surface area contributed by atoms with Gasteiger partial charge in [0.25, 0.3) is 0 Å². The van der Waals surface area contributed by atoms with Crippen LogP contribution in [0.2, 0.25) is 0 Å². The quantitative estimate of drug-likeness (QED) is 0.544. The van der Waals surface area contributed by atoms with Crippen molar-refractivity contribution in [2.75, 3.05) is 0 Å². The maximum atomic E-state index is 5.28. The summed E-state index contributed by atoms with van der Waals surface area (Å²) in [4.78, 5) is 0. The van der Waals surface area contributed by atoms with Gasteiger partial charge in [-0.3, -0.25) is 0 Å². The molecule has 0 aliphatic rings. The molecule has 0 nitrogen and oxygen atoms in total. The zero-order valence-electron chi connectivity index (χ0n) is 3.77. The van der Waals surface area contributed by atoms with Gasteiger partial charge in [0, 0.05) is 15.3 Å². The van der Waals surface area contributed by atoms with Crippen molar-refractivity contribution in [2.24, 2.45) is 0 Å². The highest BCUT2D eigenvalue weighted by Crippen LogP contribution is 2.29. The lowest BCUT2D eigenvalue weighted by Gasteiger charge is -1.93. The predicted molar refractivity (Wildman–Crippen MR) is 36.2 cm³/mol. The normalized spacial score (nSPS) is 10.0. The average Bonchev–Trinajstić information content (AvgIpc) is 1.35. The minimum Gasteiger partial charge on any atom is -0.0745 e. The molecular formula is C3H7ClS2. The van der Waals surface area contributed by atoms with E-state index in [0.29, 0.717) is 5.25 Å². The van der Waals surface area contributed by atoms with Crippen LogP contribution in [0, 0.1) is 0 Å². The van der Waals surface area contributed by atoms with E-state index in [4.69, 9.17) is 10.7 Å². The lowest BCUT2D eigenvalue weighted by molar-refractivity contribution is 1.12. The molecule has 0 bridgehead atoms. The minimum atomic E-state index is 0.646. The van der Waals surface area contributed by atoms with Crippen LogP contribution in [-0.4, -0.2) is 5.25 Å². The predicted octanol–water partition coefficient (Wildman–Crippen LogP) is 2.93. The van der Waals surface area contributed by atoms with Gasteiger partial charge in [-0.2, -0.15) is 0 Å². The van der Waals surface area contributed by atoms with Crippen LogP contribution in [0.25, 0.3) is 0 Å². The number of halogens is 1. The van der Waals surface area contributed by atoms with Crippen LogP contribution in [0.4, 0.5) is 0 Å². The van der Waals surface area contributed by atoms with E-state index in [9.17, 15) is 0 Å². The largest absolute Gasteiger partial charge is 0.0745 e. The van der Waals surface area contributed by atoms with E-state index in [1.54, 1.807) is 10.8 Å². The third kappa shape index (κ3) is 4.99. The lowest BCUT2D eigenvalue weighted by Crippen LogP contribution is -1.77. The van der Waals surface area contributed by atoms with Crippen LogP contribution in [0.15, 0.2) is 0 Å². The fraction of sp³-hybridized carbons (Fsp3) is 1.00. The third-order valence-electron chi connectivity index (χ3n) is 0.229. The van der Waals surface area contributed by atoms with E-state index in [1.165, 1.54) is 10.0 Å². The van der Waals surface area contributed by atoms with Gasteiger partial charge in [0.2, 0.25) is 0 Å². The van der Waals surface area contributed by atoms with E-state index in [-0.39, 0.29) is 0 Å². The van der Waals surface area contributed by atoms with E-state index in [0.717, 1.165) is 0 Å². The molecule has 0 aromatic carbocycles. The Morgan fingerprint density at radius 3 is 2.00 bits per heavy atom. The molecule has 0 rings (SSSR count). The Labute approximate surface area is 50.9 Å². The van der Waals surface area contributed by atoms with E-state index in [2.05, 4.69) is 13.8 Å². The number of hydrogen-bond acceptors (Lipinski definition) is 2. The summed E-state index contributed by atoms with van der Waals surface area (Å²) in [6, 6.07) is 0. The summed E-state index contributed by atoms with van der Waals surface area (Å²) in [6.07, 6.45) is 0. The summed E-state index contributed by atoms with van der Waals surface area (Å²) in [5, 5.41) is 0.646. The molecule has 0 heterocycles. The van der Waals surface area contributed by atoms with Gasteiger partial charge in [-0.1, -0.05) is 24.6 Å². The maximum absolute atomic E-state index is 5.28. The zero-order chi connectivity index (χ0) is 4.99. The Kier molecular flexibility index (Phi) is 4.84. The summed E-state index contributed by atoms with van der Waals surface area (Å²) in [5.41, 5.74) is 0. The Morgan fingerprint density at radius 2 is 2.00 bits per heavy atom. The first-order valence-corrected chi connectivity index (χ1v) is 4.75. The fourth-order valence-corrected chi connectivity index (χ4v) is 1.96. The van der Waals surface area contributed by atoms with Crippen molar-refractivity contribution >= 4 is 31.5 Å². The monoisotopic (exact) mass is 142 g/mol. The van der Waals surface area contributed by atoms with Gasteiger partial charge in [0.05, 0.1) is 0 Å². The van der Waals surface area contributed by atoms with Crippen molar-refractivity contribution < 1.29 is 0 Å². The van der Waals surface area contributed by atoms with E-state index < -0.39 is 0 Å². The molecule has 0 aromatic heterocycles. The molecule has 38 valence electrons. The summed E-state index contributed by atoms with van der Waals surface area (Å²) in [7, 11) is 8.24. The Morgan fingerprint density at radius 1 is 1.50 bits per heavy atom. The Bertz CT molecular complexity index is 30.0. The lowest BCUT2D eigenvalue weighted by atomic mass is 10.6. The first-order chi connectivity index (χ1) is 2.77. The van der Waals surface area contributed by atoms with Crippen molar-refractivity contribution in [1.82, 2.24) is 0 Å². The Balaban J connectivity index is 2.63. The summed E-state index contributed by atoms with van der Waals surface area (Å²) in [6.45, 7) is 4.22. The molecule has 0 saturated carbocycles. The molecule has 0 atom stereocenters. The molecule has 0 unspecified atom stereocenters. The van der Waals surface area contributed by atoms with Gasteiger partial charge in [-0.15, -0.1) is 0 Å². The summed E-state index contributed by atoms with van der Waals surface area (Å²) < 4.78 is 0. The first kappa shape index (κ1) is 6.99. The highest BCUT2D eigenvalue weighted by atomic mass is 35.7. The molecule has 0 saturated heterocycles. The molecule has 0 aliphatic carbocycles. The summed E-state index contributed by atoms with van der Waals surface area (Å²) >= 11 is 0. The maximum Gasteiger partial charge on any atom is 0.0139 e. The Hall–Kier alpha value is 0.990. The van der Waals surface area contributed by atoms with Crippen LogP contribution >= 0.6 is 31.5 Å². The summed E-state index contributed by atoms with van der Waals surface area (Å²) in [5.74, 6) is 0. The average molecular weight is 143 g/mol. The molecule has 3 heteroatoms. The topological polar surface area (TPSA) is 0 Å². The van der Waals surface area contributed by atoms with E-state index >= 15 is 0 Å². The molecular weight excluding hydrogens is 136 g/mol. The molecule has 0 radical (unpaired) electrons. The second kappa shape index (κ2) is 4.16. The fourth-order valence-electron chi connectivity index (χ4n) is 0.0727. The van der Waals surface area contributed by atoms with Gasteiger partial charge in [-0.05, 0) is 10.7 Å². The van der Waals surface area contributed by atoms with Crippen LogP contribution in [-0.2, 0) is 0 Å². The van der Waals surface area contributed by atoms with Gasteiger partial charge in [0.1, 0.15) is 0 Å². The van der Waals surface area contributed by atoms with Crippen LogP contribution in [0.1, 0.15) is 13.8 Å². The molecule has 0 spiro atoms. The highest BCUT2D eigenvalue weighted by molar-refractivity contribution is 8.85. The van der Waals surface area contributed by atoms with Crippen LogP contribution < -0.4 is 0 Å². The second-order valence-electron chi connectivity index (χ2n) is 1.21. The van der Waals surface area contributed by atoms with Crippen molar-refractivity contribution in [3.63, 3.8) is 0 Å². The first-order valence-electron chi connectivity index (χ1n) is 1.71. The van der Waals surface area contributed by atoms with Crippen molar-refractivity contribution in [3.8, 4) is 0 Å². The molecule has 0 N–H and O–H groups in total. The number of hydrogen-bond donors (Lipinski definition) is 0. The molecule has 0 aliphatic heterocycles. The smallest absolute Gasteiger partial charge is 0.0139 e. The van der Waals surface area contributed by atoms with Crippen molar-refractivity contribution in [1.29, 1.82) is 0 Å². The number of rotatable bonds is 2. The molecule has 0 aromatic rings. The van der Waals surface area contributed by atoms with Gasteiger partial charge in [0.15, 0.2) is 0 Å². The molecule has 0 amide bonds. The highest BCUT2D eigenvalue weighted by Gasteiger charge is 1.88.